The molecule has 1 unspecified atom stereocenters. The zero-order valence-electron chi connectivity index (χ0n) is 17.0. The Bertz CT molecular complexity index is 688. The van der Waals surface area contributed by atoms with Gasteiger partial charge >= 0.3 is 5.97 Å². The SMILES string of the molecule is CCOC(=O)CCCC(C(=O)COCC1CCCCC1)C(=O)c1cncc(Br)c1. The highest BCUT2D eigenvalue weighted by Crippen LogP contribution is 2.24. The minimum absolute atomic E-state index is 0.0756. The van der Waals surface area contributed by atoms with Gasteiger partial charge in [0.1, 0.15) is 6.61 Å². The van der Waals surface area contributed by atoms with Crippen molar-refractivity contribution in [3.05, 3.63) is 28.5 Å². The first-order chi connectivity index (χ1) is 14.0. The number of Topliss-reactive ketones (excluding diaryl/α,β-unsaturated/α-hetero) is 2. The van der Waals surface area contributed by atoms with E-state index in [1.807, 2.05) is 0 Å². The van der Waals surface area contributed by atoms with Crippen molar-refractivity contribution in [2.75, 3.05) is 19.8 Å². The van der Waals surface area contributed by atoms with Gasteiger partial charge in [0.2, 0.25) is 0 Å². The average molecular weight is 468 g/mol. The van der Waals surface area contributed by atoms with Gasteiger partial charge in [-0.05, 0) is 60.5 Å². The summed E-state index contributed by atoms with van der Waals surface area (Å²) in [5, 5.41) is 0. The predicted octanol–water partition coefficient (Wildman–Crippen LogP) is 4.54. The number of rotatable bonds is 12. The Balaban J connectivity index is 1.95. The van der Waals surface area contributed by atoms with E-state index in [4.69, 9.17) is 9.47 Å². The third-order valence-corrected chi connectivity index (χ3v) is 5.63. The number of carbonyl (C=O) groups excluding carboxylic acids is 3. The van der Waals surface area contributed by atoms with E-state index < -0.39 is 5.92 Å². The van der Waals surface area contributed by atoms with Crippen molar-refractivity contribution in [3.8, 4) is 0 Å². The van der Waals surface area contributed by atoms with E-state index in [1.165, 1.54) is 25.5 Å². The minimum Gasteiger partial charge on any atom is -0.466 e. The van der Waals surface area contributed by atoms with Gasteiger partial charge in [-0.15, -0.1) is 0 Å². The van der Waals surface area contributed by atoms with Crippen molar-refractivity contribution < 1.29 is 23.9 Å². The van der Waals surface area contributed by atoms with Gasteiger partial charge in [-0.3, -0.25) is 19.4 Å². The van der Waals surface area contributed by atoms with E-state index in [0.717, 1.165) is 12.8 Å². The van der Waals surface area contributed by atoms with Crippen molar-refractivity contribution >= 4 is 33.5 Å². The Morgan fingerprint density at radius 2 is 1.97 bits per heavy atom. The molecule has 2 rings (SSSR count). The molecule has 160 valence electrons. The molecule has 0 aliphatic heterocycles. The number of esters is 1. The zero-order chi connectivity index (χ0) is 21.1. The first kappa shape index (κ1) is 23.7. The molecule has 1 heterocycles. The third kappa shape index (κ3) is 8.34. The Hall–Kier alpha value is -1.60. The molecule has 0 radical (unpaired) electrons. The summed E-state index contributed by atoms with van der Waals surface area (Å²) in [4.78, 5) is 41.4. The molecule has 1 fully saturated rings. The fraction of sp³-hybridized carbons (Fsp3) is 0.636. The maximum atomic E-state index is 13.0. The number of hydrogen-bond acceptors (Lipinski definition) is 6. The average Bonchev–Trinajstić information content (AvgIpc) is 2.71. The zero-order valence-corrected chi connectivity index (χ0v) is 18.6. The molecule has 0 N–H and O–H groups in total. The molecule has 7 heteroatoms. The monoisotopic (exact) mass is 467 g/mol. The summed E-state index contributed by atoms with van der Waals surface area (Å²) < 4.78 is 11.3. The van der Waals surface area contributed by atoms with E-state index in [2.05, 4.69) is 20.9 Å². The van der Waals surface area contributed by atoms with Gasteiger partial charge in [0.05, 0.1) is 12.5 Å². The van der Waals surface area contributed by atoms with Crippen LogP contribution < -0.4 is 0 Å². The summed E-state index contributed by atoms with van der Waals surface area (Å²) in [7, 11) is 0. The highest BCUT2D eigenvalue weighted by molar-refractivity contribution is 9.10. The number of aromatic nitrogens is 1. The highest BCUT2D eigenvalue weighted by atomic mass is 79.9. The predicted molar refractivity (Wildman–Crippen MR) is 113 cm³/mol. The lowest BCUT2D eigenvalue weighted by Gasteiger charge is -2.21. The first-order valence-corrected chi connectivity index (χ1v) is 11.2. The quantitative estimate of drug-likeness (QED) is 0.255. The van der Waals surface area contributed by atoms with Crippen LogP contribution in [-0.4, -0.2) is 42.3 Å². The minimum atomic E-state index is -0.841. The number of hydrogen-bond donors (Lipinski definition) is 0. The topological polar surface area (TPSA) is 82.6 Å². The van der Waals surface area contributed by atoms with Gasteiger partial charge in [-0.2, -0.15) is 0 Å². The lowest BCUT2D eigenvalue weighted by atomic mass is 9.89. The fourth-order valence-electron chi connectivity index (χ4n) is 3.65. The Morgan fingerprint density at radius 3 is 2.66 bits per heavy atom. The Kier molecular flexibility index (Phi) is 10.5. The van der Waals surface area contributed by atoms with Crippen molar-refractivity contribution in [1.82, 2.24) is 4.98 Å². The molecule has 0 spiro atoms. The lowest BCUT2D eigenvalue weighted by molar-refractivity contribution is -0.143. The Labute approximate surface area is 180 Å². The third-order valence-electron chi connectivity index (χ3n) is 5.20. The largest absolute Gasteiger partial charge is 0.466 e. The molecular weight excluding hydrogens is 438 g/mol. The summed E-state index contributed by atoms with van der Waals surface area (Å²) in [6.07, 6.45) is 9.90. The van der Waals surface area contributed by atoms with Crippen molar-refractivity contribution in [2.45, 2.75) is 58.3 Å². The van der Waals surface area contributed by atoms with Crippen LogP contribution in [0.3, 0.4) is 0 Å². The molecule has 0 saturated heterocycles. The van der Waals surface area contributed by atoms with Crippen LogP contribution in [-0.2, 0) is 19.1 Å². The van der Waals surface area contributed by atoms with Crippen LogP contribution in [0.2, 0.25) is 0 Å². The summed E-state index contributed by atoms with van der Waals surface area (Å²) >= 11 is 3.31. The van der Waals surface area contributed by atoms with Crippen LogP contribution in [0.5, 0.6) is 0 Å². The molecule has 6 nitrogen and oxygen atoms in total. The van der Waals surface area contributed by atoms with Crippen LogP contribution in [0.1, 0.15) is 68.6 Å². The number of nitrogens with zero attached hydrogens (tertiary/aromatic N) is 1. The second-order valence-electron chi connectivity index (χ2n) is 7.49. The smallest absolute Gasteiger partial charge is 0.305 e. The van der Waals surface area contributed by atoms with Crippen molar-refractivity contribution in [2.24, 2.45) is 11.8 Å². The molecule has 0 bridgehead atoms. The van der Waals surface area contributed by atoms with E-state index in [1.54, 1.807) is 19.2 Å². The number of pyridine rings is 1. The number of ketones is 2. The van der Waals surface area contributed by atoms with Gasteiger partial charge < -0.3 is 9.47 Å². The fourth-order valence-corrected chi connectivity index (χ4v) is 4.02. The second-order valence-corrected chi connectivity index (χ2v) is 8.41. The van der Waals surface area contributed by atoms with Gasteiger partial charge in [-0.25, -0.2) is 0 Å². The molecule has 29 heavy (non-hydrogen) atoms. The van der Waals surface area contributed by atoms with Crippen molar-refractivity contribution in [1.29, 1.82) is 0 Å². The maximum absolute atomic E-state index is 13.0. The van der Waals surface area contributed by atoms with Gasteiger partial charge in [0, 0.05) is 35.5 Å². The van der Waals surface area contributed by atoms with E-state index >= 15 is 0 Å². The summed E-state index contributed by atoms with van der Waals surface area (Å²) in [6.45, 7) is 2.55. The summed E-state index contributed by atoms with van der Waals surface area (Å²) in [6, 6.07) is 1.66. The van der Waals surface area contributed by atoms with Gasteiger partial charge in [0.25, 0.3) is 0 Å². The molecule has 1 aromatic heterocycles. The molecule has 1 aliphatic carbocycles. The molecule has 1 saturated carbocycles. The molecule has 1 atom stereocenters. The van der Waals surface area contributed by atoms with Crippen molar-refractivity contribution in [3.63, 3.8) is 0 Å². The van der Waals surface area contributed by atoms with Gasteiger partial charge in [-0.1, -0.05) is 19.3 Å². The summed E-state index contributed by atoms with van der Waals surface area (Å²) in [5.74, 6) is -1.18. The number of carbonyl (C=O) groups is 3. The highest BCUT2D eigenvalue weighted by Gasteiger charge is 2.28. The first-order valence-electron chi connectivity index (χ1n) is 10.4. The number of halogens is 1. The van der Waals surface area contributed by atoms with Crippen LogP contribution in [0.25, 0.3) is 0 Å². The van der Waals surface area contributed by atoms with E-state index in [0.29, 0.717) is 35.6 Å². The molecule has 0 amide bonds. The van der Waals surface area contributed by atoms with E-state index in [9.17, 15) is 14.4 Å². The van der Waals surface area contributed by atoms with Crippen LogP contribution in [0.15, 0.2) is 22.9 Å². The molecule has 1 aliphatic rings. The van der Waals surface area contributed by atoms with Crippen LogP contribution >= 0.6 is 15.9 Å². The normalized spacial score (nSPS) is 15.7. The summed E-state index contributed by atoms with van der Waals surface area (Å²) in [5.41, 5.74) is 0.376. The van der Waals surface area contributed by atoms with E-state index in [-0.39, 0.29) is 37.0 Å². The molecular formula is C22H30BrNO5. The second kappa shape index (κ2) is 12.9. The van der Waals surface area contributed by atoms with Crippen LogP contribution in [0, 0.1) is 11.8 Å². The Morgan fingerprint density at radius 1 is 1.21 bits per heavy atom. The molecule has 0 aromatic carbocycles. The standard InChI is InChI=1S/C22H30BrNO5/c1-2-29-21(26)10-6-9-19(22(27)17-11-18(23)13-24-12-17)20(25)15-28-14-16-7-4-3-5-8-16/h11-13,16,19H,2-10,14-15H2,1H3. The van der Waals surface area contributed by atoms with Crippen LogP contribution in [0.4, 0.5) is 0 Å². The molecule has 1 aromatic rings. The maximum Gasteiger partial charge on any atom is 0.305 e. The lowest BCUT2D eigenvalue weighted by Crippen LogP contribution is -2.29. The number of ether oxygens (including phenoxy) is 2. The van der Waals surface area contributed by atoms with Gasteiger partial charge in [0.15, 0.2) is 11.6 Å².